The second-order valence-electron chi connectivity index (χ2n) is 3.10. The van der Waals surface area contributed by atoms with Crippen LogP contribution in [0, 0.1) is 6.92 Å². The Bertz CT molecular complexity index is 394. The van der Waals surface area contributed by atoms with Gasteiger partial charge in [0.05, 0.1) is 15.6 Å². The van der Waals surface area contributed by atoms with E-state index in [1.165, 1.54) is 11.3 Å². The summed E-state index contributed by atoms with van der Waals surface area (Å²) in [6.45, 7) is 1.92. The van der Waals surface area contributed by atoms with Crippen molar-refractivity contribution < 1.29 is 5.11 Å². The van der Waals surface area contributed by atoms with Crippen LogP contribution < -0.4 is 0 Å². The molecule has 5 heteroatoms. The van der Waals surface area contributed by atoms with Gasteiger partial charge in [-0.2, -0.15) is 5.10 Å². The highest BCUT2D eigenvalue weighted by Gasteiger charge is 2.15. The first-order valence-corrected chi connectivity index (χ1v) is 5.08. The number of hydrogen-bond donors (Lipinski definition) is 1. The second-order valence-corrected chi connectivity index (χ2v) is 4.36. The minimum absolute atomic E-state index is 0.651. The van der Waals surface area contributed by atoms with Crippen molar-refractivity contribution in [2.24, 2.45) is 7.05 Å². The zero-order valence-corrected chi connectivity index (χ0v) is 8.82. The van der Waals surface area contributed by atoms with Gasteiger partial charge in [-0.05, 0) is 13.0 Å². The third-order valence-corrected chi connectivity index (χ3v) is 2.89. The molecule has 2 heterocycles. The number of hydrogen-bond acceptors (Lipinski definition) is 4. The summed E-state index contributed by atoms with van der Waals surface area (Å²) < 4.78 is 1.67. The third kappa shape index (κ3) is 1.69. The zero-order valence-electron chi connectivity index (χ0n) is 8.01. The smallest absolute Gasteiger partial charge is 0.133 e. The molecule has 1 atom stereocenters. The number of aliphatic hydroxyl groups is 1. The maximum atomic E-state index is 9.91. The zero-order chi connectivity index (χ0) is 10.1. The van der Waals surface area contributed by atoms with Crippen LogP contribution in [0.3, 0.4) is 0 Å². The van der Waals surface area contributed by atoms with E-state index in [1.54, 1.807) is 16.9 Å². The highest BCUT2D eigenvalue weighted by atomic mass is 32.1. The molecule has 2 aromatic rings. The van der Waals surface area contributed by atoms with E-state index in [4.69, 9.17) is 0 Å². The van der Waals surface area contributed by atoms with E-state index in [0.717, 1.165) is 9.88 Å². The number of nitrogens with zero attached hydrogens (tertiary/aromatic N) is 3. The van der Waals surface area contributed by atoms with Gasteiger partial charge in [0.25, 0.3) is 0 Å². The molecule has 0 bridgehead atoms. The van der Waals surface area contributed by atoms with E-state index < -0.39 is 6.10 Å². The lowest BCUT2D eigenvalue weighted by molar-refractivity contribution is 0.218. The number of rotatable bonds is 2. The minimum Gasteiger partial charge on any atom is -0.381 e. The van der Waals surface area contributed by atoms with Gasteiger partial charge in [0.2, 0.25) is 0 Å². The van der Waals surface area contributed by atoms with Crippen LogP contribution >= 0.6 is 11.3 Å². The molecule has 0 radical (unpaired) electrons. The summed E-state index contributed by atoms with van der Waals surface area (Å²) in [5.41, 5.74) is 0.663. The molecule has 0 aliphatic carbocycles. The molecule has 0 aromatic carbocycles. The Morgan fingerprint density at radius 2 is 2.36 bits per heavy atom. The average Bonchev–Trinajstić information content (AvgIpc) is 2.73. The first-order chi connectivity index (χ1) is 6.66. The molecule has 0 aliphatic heterocycles. The summed E-state index contributed by atoms with van der Waals surface area (Å²) in [7, 11) is 1.83. The predicted octanol–water partition coefficient (Wildman–Crippen LogP) is 1.27. The molecule has 1 unspecified atom stereocenters. The van der Waals surface area contributed by atoms with Crippen molar-refractivity contribution in [1.29, 1.82) is 0 Å². The Labute approximate surface area is 85.8 Å². The first-order valence-electron chi connectivity index (χ1n) is 4.27. The molecular weight excluding hydrogens is 198 g/mol. The summed E-state index contributed by atoms with van der Waals surface area (Å²) in [4.78, 5) is 4.93. The van der Waals surface area contributed by atoms with Gasteiger partial charge in [-0.3, -0.25) is 4.68 Å². The van der Waals surface area contributed by atoms with Crippen LogP contribution in [0.1, 0.15) is 21.7 Å². The van der Waals surface area contributed by atoms with Gasteiger partial charge in [0, 0.05) is 19.4 Å². The second kappa shape index (κ2) is 3.51. The van der Waals surface area contributed by atoms with E-state index >= 15 is 0 Å². The van der Waals surface area contributed by atoms with Crippen molar-refractivity contribution in [3.05, 3.63) is 34.0 Å². The number of aromatic nitrogens is 3. The summed E-state index contributed by atoms with van der Waals surface area (Å²) in [6, 6.07) is 1.81. The lowest BCUT2D eigenvalue weighted by Gasteiger charge is -2.02. The van der Waals surface area contributed by atoms with Gasteiger partial charge >= 0.3 is 0 Å². The quantitative estimate of drug-likeness (QED) is 0.810. The SMILES string of the molecule is Cc1ncc(C(O)c2ccn(C)n2)s1. The fourth-order valence-electron chi connectivity index (χ4n) is 1.23. The van der Waals surface area contributed by atoms with Crippen LogP contribution in [0.4, 0.5) is 0 Å². The molecule has 4 nitrogen and oxygen atoms in total. The molecule has 14 heavy (non-hydrogen) atoms. The van der Waals surface area contributed by atoms with Crippen molar-refractivity contribution in [3.63, 3.8) is 0 Å². The molecule has 74 valence electrons. The van der Waals surface area contributed by atoms with Gasteiger partial charge in [-0.1, -0.05) is 0 Å². The lowest BCUT2D eigenvalue weighted by Crippen LogP contribution is -1.99. The van der Waals surface area contributed by atoms with Crippen molar-refractivity contribution in [2.45, 2.75) is 13.0 Å². The van der Waals surface area contributed by atoms with Crippen LogP contribution in [-0.2, 0) is 7.05 Å². The fraction of sp³-hybridized carbons (Fsp3) is 0.333. The highest BCUT2D eigenvalue weighted by molar-refractivity contribution is 7.11. The predicted molar refractivity (Wildman–Crippen MR) is 54.1 cm³/mol. The maximum absolute atomic E-state index is 9.91. The molecule has 0 spiro atoms. The van der Waals surface area contributed by atoms with E-state index in [9.17, 15) is 5.11 Å². The van der Waals surface area contributed by atoms with Crippen molar-refractivity contribution in [2.75, 3.05) is 0 Å². The van der Waals surface area contributed by atoms with E-state index in [2.05, 4.69) is 10.1 Å². The van der Waals surface area contributed by atoms with Gasteiger partial charge in [-0.25, -0.2) is 4.98 Å². The van der Waals surface area contributed by atoms with Gasteiger partial charge < -0.3 is 5.11 Å². The minimum atomic E-state index is -0.651. The van der Waals surface area contributed by atoms with E-state index in [1.807, 2.05) is 20.2 Å². The van der Waals surface area contributed by atoms with Crippen LogP contribution in [0.2, 0.25) is 0 Å². The Balaban J connectivity index is 2.28. The van der Waals surface area contributed by atoms with Crippen LogP contribution in [0.15, 0.2) is 18.5 Å². The standard InChI is InChI=1S/C9H11N3OS/c1-6-10-5-8(14-6)9(13)7-3-4-12(2)11-7/h3-5,9,13H,1-2H3. The third-order valence-electron chi connectivity index (χ3n) is 1.92. The summed E-state index contributed by atoms with van der Waals surface area (Å²) in [6.07, 6.45) is 2.86. The molecule has 2 rings (SSSR count). The first kappa shape index (κ1) is 9.36. The van der Waals surface area contributed by atoms with Crippen molar-refractivity contribution in [1.82, 2.24) is 14.8 Å². The van der Waals surface area contributed by atoms with Crippen LogP contribution in [0.5, 0.6) is 0 Å². The number of aliphatic hydroxyl groups excluding tert-OH is 1. The van der Waals surface area contributed by atoms with Gasteiger partial charge in [0.15, 0.2) is 0 Å². The van der Waals surface area contributed by atoms with Gasteiger partial charge in [0.1, 0.15) is 6.10 Å². The molecule has 0 saturated heterocycles. The molecule has 0 aliphatic rings. The van der Waals surface area contributed by atoms with Crippen LogP contribution in [-0.4, -0.2) is 19.9 Å². The molecule has 0 fully saturated rings. The van der Waals surface area contributed by atoms with E-state index in [-0.39, 0.29) is 0 Å². The average molecular weight is 209 g/mol. The Hall–Kier alpha value is -1.20. The summed E-state index contributed by atoms with van der Waals surface area (Å²) in [5.74, 6) is 0. The Morgan fingerprint density at radius 3 is 2.86 bits per heavy atom. The molecule has 0 saturated carbocycles. The van der Waals surface area contributed by atoms with E-state index in [0.29, 0.717) is 5.69 Å². The maximum Gasteiger partial charge on any atom is 0.133 e. The number of aryl methyl sites for hydroxylation is 2. The normalized spacial score (nSPS) is 13.1. The fourth-order valence-corrected chi connectivity index (χ4v) is 2.01. The van der Waals surface area contributed by atoms with Crippen molar-refractivity contribution in [3.8, 4) is 0 Å². The summed E-state index contributed by atoms with van der Waals surface area (Å²) in [5, 5.41) is 15.0. The number of thiazole rings is 1. The summed E-state index contributed by atoms with van der Waals surface area (Å²) >= 11 is 1.49. The topological polar surface area (TPSA) is 50.9 Å². The molecule has 1 N–H and O–H groups in total. The highest BCUT2D eigenvalue weighted by Crippen LogP contribution is 2.24. The lowest BCUT2D eigenvalue weighted by atomic mass is 10.2. The van der Waals surface area contributed by atoms with Gasteiger partial charge in [-0.15, -0.1) is 11.3 Å². The largest absolute Gasteiger partial charge is 0.381 e. The molecule has 0 amide bonds. The Kier molecular flexibility index (Phi) is 2.35. The molecular formula is C9H11N3OS. The monoisotopic (exact) mass is 209 g/mol. The Morgan fingerprint density at radius 1 is 1.57 bits per heavy atom. The van der Waals surface area contributed by atoms with Crippen LogP contribution in [0.25, 0.3) is 0 Å². The molecule has 2 aromatic heterocycles. The van der Waals surface area contributed by atoms with Crippen molar-refractivity contribution >= 4 is 11.3 Å².